The van der Waals surface area contributed by atoms with Crippen molar-refractivity contribution in [2.75, 3.05) is 23.9 Å². The summed E-state index contributed by atoms with van der Waals surface area (Å²) in [7, 11) is 0. The van der Waals surface area contributed by atoms with Crippen LogP contribution < -0.4 is 5.32 Å². The zero-order valence-electron chi connectivity index (χ0n) is 8.99. The lowest BCUT2D eigenvalue weighted by Gasteiger charge is -2.08. The monoisotopic (exact) mass is 305 g/mol. The van der Waals surface area contributed by atoms with Gasteiger partial charge in [-0.3, -0.25) is 10.1 Å². The number of hydrogen-bond donors (Lipinski definition) is 1. The molecule has 0 aliphatic rings. The number of aromatic nitrogens is 1. The third-order valence-corrected chi connectivity index (χ3v) is 3.62. The quantitative estimate of drug-likeness (QED) is 0.515. The largest absolute Gasteiger partial charge is 0.368 e. The number of nitrogens with one attached hydrogen (secondary N) is 1. The Balaban J connectivity index is 2.89. The summed E-state index contributed by atoms with van der Waals surface area (Å²) in [5.41, 5.74) is 0.619. The van der Waals surface area contributed by atoms with Gasteiger partial charge < -0.3 is 5.32 Å². The maximum Gasteiger partial charge on any atom is 0.291 e. The van der Waals surface area contributed by atoms with Crippen molar-refractivity contribution in [1.82, 2.24) is 4.98 Å². The summed E-state index contributed by atoms with van der Waals surface area (Å²) in [6, 6.07) is 0. The fourth-order valence-corrected chi connectivity index (χ4v) is 1.90. The molecule has 0 unspecified atom stereocenters. The van der Waals surface area contributed by atoms with E-state index in [2.05, 4.69) is 26.2 Å². The third-order valence-electron chi connectivity index (χ3n) is 2.03. The summed E-state index contributed by atoms with van der Waals surface area (Å²) in [6.45, 7) is 2.48. The van der Waals surface area contributed by atoms with Crippen LogP contribution in [0, 0.1) is 17.0 Å². The first-order chi connectivity index (χ1) is 7.57. The second kappa shape index (κ2) is 6.05. The van der Waals surface area contributed by atoms with Crippen LogP contribution >= 0.6 is 27.7 Å². The van der Waals surface area contributed by atoms with Crippen LogP contribution in [0.3, 0.4) is 0 Å². The molecule has 0 saturated heterocycles. The van der Waals surface area contributed by atoms with Crippen LogP contribution in [-0.4, -0.2) is 28.5 Å². The predicted molar refractivity (Wildman–Crippen MR) is 70.2 cm³/mol. The zero-order chi connectivity index (χ0) is 12.1. The Kier molecular flexibility index (Phi) is 5.01. The second-order valence-electron chi connectivity index (χ2n) is 3.11. The van der Waals surface area contributed by atoms with Crippen molar-refractivity contribution in [3.05, 3.63) is 26.3 Å². The van der Waals surface area contributed by atoms with E-state index in [1.165, 1.54) is 6.20 Å². The number of anilines is 1. The molecule has 0 atom stereocenters. The molecule has 0 aliphatic heterocycles. The van der Waals surface area contributed by atoms with Gasteiger partial charge in [-0.05, 0) is 29.1 Å². The van der Waals surface area contributed by atoms with Crippen LogP contribution in [0.2, 0.25) is 0 Å². The van der Waals surface area contributed by atoms with Gasteiger partial charge in [-0.2, -0.15) is 11.8 Å². The standard InChI is InChI=1S/C9H12BrN3O2S/c1-6-7(13(14)15)5-12-9(8(6)10)11-3-4-16-2/h5H,3-4H2,1-2H3,(H,11,12). The van der Waals surface area contributed by atoms with E-state index >= 15 is 0 Å². The Labute approximate surface area is 106 Å². The lowest BCUT2D eigenvalue weighted by Crippen LogP contribution is -2.07. The Morgan fingerprint density at radius 1 is 1.69 bits per heavy atom. The van der Waals surface area contributed by atoms with Crippen molar-refractivity contribution < 1.29 is 4.92 Å². The minimum atomic E-state index is -0.432. The Bertz CT molecular complexity index is 401. The normalized spacial score (nSPS) is 10.2. The number of nitro groups is 1. The number of rotatable bonds is 5. The average Bonchev–Trinajstić information content (AvgIpc) is 2.24. The molecule has 0 saturated carbocycles. The van der Waals surface area contributed by atoms with Crippen LogP contribution in [0.1, 0.15) is 5.56 Å². The molecule has 0 aliphatic carbocycles. The minimum absolute atomic E-state index is 0.0299. The lowest BCUT2D eigenvalue weighted by molar-refractivity contribution is -0.385. The van der Waals surface area contributed by atoms with Crippen molar-refractivity contribution in [2.45, 2.75) is 6.92 Å². The first-order valence-corrected chi connectivity index (χ1v) is 6.79. The summed E-state index contributed by atoms with van der Waals surface area (Å²) in [5, 5.41) is 13.8. The molecule has 1 rings (SSSR count). The molecule has 1 heterocycles. The molecular formula is C9H12BrN3O2S. The Morgan fingerprint density at radius 3 is 2.94 bits per heavy atom. The minimum Gasteiger partial charge on any atom is -0.368 e. The van der Waals surface area contributed by atoms with Gasteiger partial charge in [0.1, 0.15) is 12.0 Å². The number of hydrogen-bond acceptors (Lipinski definition) is 5. The maximum absolute atomic E-state index is 10.7. The molecule has 0 radical (unpaired) electrons. The molecule has 1 aromatic heterocycles. The molecular weight excluding hydrogens is 294 g/mol. The molecule has 0 aromatic carbocycles. The Morgan fingerprint density at radius 2 is 2.38 bits per heavy atom. The van der Waals surface area contributed by atoms with E-state index in [-0.39, 0.29) is 5.69 Å². The highest BCUT2D eigenvalue weighted by Gasteiger charge is 2.16. The van der Waals surface area contributed by atoms with E-state index < -0.39 is 4.92 Å². The SMILES string of the molecule is CSCCNc1ncc([N+](=O)[O-])c(C)c1Br. The average molecular weight is 306 g/mol. The van der Waals surface area contributed by atoms with Crippen LogP contribution in [0.4, 0.5) is 11.5 Å². The molecule has 1 aromatic rings. The highest BCUT2D eigenvalue weighted by Crippen LogP contribution is 2.30. The van der Waals surface area contributed by atoms with Crippen LogP contribution in [0.15, 0.2) is 10.7 Å². The van der Waals surface area contributed by atoms with Crippen molar-refractivity contribution in [2.24, 2.45) is 0 Å². The van der Waals surface area contributed by atoms with E-state index in [4.69, 9.17) is 0 Å². The molecule has 1 N–H and O–H groups in total. The van der Waals surface area contributed by atoms with Gasteiger partial charge in [0.25, 0.3) is 5.69 Å². The van der Waals surface area contributed by atoms with Crippen molar-refractivity contribution in [3.8, 4) is 0 Å². The van der Waals surface area contributed by atoms with Gasteiger partial charge in [0.15, 0.2) is 0 Å². The van der Waals surface area contributed by atoms with Crippen LogP contribution in [0.25, 0.3) is 0 Å². The zero-order valence-corrected chi connectivity index (χ0v) is 11.4. The number of pyridine rings is 1. The summed E-state index contributed by atoms with van der Waals surface area (Å²) in [6.07, 6.45) is 3.30. The fourth-order valence-electron chi connectivity index (χ4n) is 1.15. The number of nitrogens with zero attached hydrogens (tertiary/aromatic N) is 2. The van der Waals surface area contributed by atoms with Gasteiger partial charge in [-0.25, -0.2) is 4.98 Å². The second-order valence-corrected chi connectivity index (χ2v) is 4.89. The fraction of sp³-hybridized carbons (Fsp3) is 0.444. The van der Waals surface area contributed by atoms with Crippen LogP contribution in [-0.2, 0) is 0 Å². The topological polar surface area (TPSA) is 68.1 Å². The molecule has 0 amide bonds. The molecule has 0 spiro atoms. The van der Waals surface area contributed by atoms with Crippen LogP contribution in [0.5, 0.6) is 0 Å². The highest BCUT2D eigenvalue weighted by atomic mass is 79.9. The van der Waals surface area contributed by atoms with Gasteiger partial charge >= 0.3 is 0 Å². The van der Waals surface area contributed by atoms with E-state index in [1.807, 2.05) is 6.26 Å². The Hall–Kier alpha value is -0.820. The highest BCUT2D eigenvalue weighted by molar-refractivity contribution is 9.10. The number of halogens is 1. The van der Waals surface area contributed by atoms with Crippen molar-refractivity contribution in [3.63, 3.8) is 0 Å². The van der Waals surface area contributed by atoms with E-state index in [1.54, 1.807) is 18.7 Å². The first-order valence-electron chi connectivity index (χ1n) is 4.60. The van der Waals surface area contributed by atoms with E-state index in [0.29, 0.717) is 15.9 Å². The maximum atomic E-state index is 10.7. The third kappa shape index (κ3) is 3.08. The molecule has 88 valence electrons. The molecule has 16 heavy (non-hydrogen) atoms. The van der Waals surface area contributed by atoms with Gasteiger partial charge in [0.2, 0.25) is 0 Å². The van der Waals surface area contributed by atoms with E-state index in [0.717, 1.165) is 12.3 Å². The van der Waals surface area contributed by atoms with Gasteiger partial charge in [-0.1, -0.05) is 0 Å². The van der Waals surface area contributed by atoms with Crippen molar-refractivity contribution >= 4 is 39.2 Å². The molecule has 0 fully saturated rings. The predicted octanol–water partition coefficient (Wildman–Crippen LogP) is 2.84. The van der Waals surface area contributed by atoms with Gasteiger partial charge in [-0.15, -0.1) is 0 Å². The smallest absolute Gasteiger partial charge is 0.291 e. The summed E-state index contributed by atoms with van der Waals surface area (Å²) >= 11 is 5.04. The first kappa shape index (κ1) is 13.2. The summed E-state index contributed by atoms with van der Waals surface area (Å²) < 4.78 is 0.655. The summed E-state index contributed by atoms with van der Waals surface area (Å²) in [5.74, 6) is 1.61. The molecule has 5 nitrogen and oxygen atoms in total. The number of thioether (sulfide) groups is 1. The lowest BCUT2D eigenvalue weighted by atomic mass is 10.2. The van der Waals surface area contributed by atoms with E-state index in [9.17, 15) is 10.1 Å². The summed E-state index contributed by atoms with van der Waals surface area (Å²) in [4.78, 5) is 14.3. The van der Waals surface area contributed by atoms with Gasteiger partial charge in [0, 0.05) is 17.9 Å². The van der Waals surface area contributed by atoms with Gasteiger partial charge in [0.05, 0.1) is 9.40 Å². The molecule has 7 heteroatoms. The molecule has 0 bridgehead atoms. The van der Waals surface area contributed by atoms with Crippen molar-refractivity contribution in [1.29, 1.82) is 0 Å².